The average Bonchev–Trinajstić information content (AvgIpc) is 2.99. The molecule has 0 aliphatic carbocycles. The highest BCUT2D eigenvalue weighted by atomic mass is 32.1. The van der Waals surface area contributed by atoms with Gasteiger partial charge in [-0.2, -0.15) is 0 Å². The highest BCUT2D eigenvalue weighted by molar-refractivity contribution is 7.13. The minimum absolute atomic E-state index is 0.159. The summed E-state index contributed by atoms with van der Waals surface area (Å²) in [6.45, 7) is 0. The lowest BCUT2D eigenvalue weighted by atomic mass is 10.1. The first-order chi connectivity index (χ1) is 8.75. The van der Waals surface area contributed by atoms with Crippen LogP contribution in [0.4, 0.5) is 5.88 Å². The number of nitrogen functional groups attached to an aromatic ring is 1. The van der Waals surface area contributed by atoms with Gasteiger partial charge in [0, 0.05) is 22.7 Å². The normalized spacial score (nSPS) is 10.7. The zero-order valence-corrected chi connectivity index (χ0v) is 10.0. The molecule has 0 saturated carbocycles. The molecule has 0 bridgehead atoms. The monoisotopic (exact) mass is 259 g/mol. The molecule has 5 nitrogen and oxygen atoms in total. The van der Waals surface area contributed by atoms with Crippen LogP contribution in [-0.2, 0) is 0 Å². The summed E-state index contributed by atoms with van der Waals surface area (Å²) in [6, 6.07) is 7.01. The number of hydrogen-bond donors (Lipinski definition) is 2. The number of nitrogens with two attached hydrogens (primary N) is 1. The van der Waals surface area contributed by atoms with E-state index in [1.165, 1.54) is 6.07 Å². The maximum atomic E-state index is 11.0. The molecule has 3 rings (SSSR count). The number of pyridine rings is 1. The number of H-pyrrole nitrogens is 1. The molecule has 3 aromatic heterocycles. The van der Waals surface area contributed by atoms with Crippen molar-refractivity contribution >= 4 is 17.2 Å². The predicted octanol–water partition coefficient (Wildman–Crippen LogP) is 2.34. The number of hydrogen-bond acceptors (Lipinski definition) is 5. The molecule has 0 aromatic carbocycles. The largest absolute Gasteiger partial charge is 0.367 e. The van der Waals surface area contributed by atoms with E-state index in [-0.39, 0.29) is 11.4 Å². The number of aromatic nitrogens is 2. The number of nitrogens with one attached hydrogen (secondary N) is 1. The van der Waals surface area contributed by atoms with E-state index in [4.69, 9.17) is 10.3 Å². The van der Waals surface area contributed by atoms with Gasteiger partial charge in [-0.3, -0.25) is 4.79 Å². The second-order valence-electron chi connectivity index (χ2n) is 3.69. The van der Waals surface area contributed by atoms with Crippen LogP contribution in [0.25, 0.3) is 21.7 Å². The van der Waals surface area contributed by atoms with E-state index in [9.17, 15) is 4.79 Å². The standard InChI is InChI=1S/C12H9N3O2S/c13-12-10(8-2-1-5-18-8)11(15-17-12)7-3-4-9(16)14-6-7/h1-6H,13H2,(H,14,16). The van der Waals surface area contributed by atoms with E-state index in [1.807, 2.05) is 17.5 Å². The van der Waals surface area contributed by atoms with Gasteiger partial charge in [0.05, 0.1) is 5.56 Å². The number of rotatable bonds is 2. The average molecular weight is 259 g/mol. The van der Waals surface area contributed by atoms with Crippen LogP contribution in [0, 0.1) is 0 Å². The molecule has 3 aromatic rings. The Hall–Kier alpha value is -2.34. The van der Waals surface area contributed by atoms with Gasteiger partial charge in [0.25, 0.3) is 0 Å². The molecule has 0 amide bonds. The van der Waals surface area contributed by atoms with Crippen LogP contribution in [0.1, 0.15) is 0 Å². The Balaban J connectivity index is 2.19. The predicted molar refractivity (Wildman–Crippen MR) is 70.3 cm³/mol. The van der Waals surface area contributed by atoms with Crippen LogP contribution in [0.15, 0.2) is 45.2 Å². The van der Waals surface area contributed by atoms with Crippen molar-refractivity contribution in [3.05, 3.63) is 46.2 Å². The Morgan fingerprint density at radius 1 is 1.33 bits per heavy atom. The molecule has 18 heavy (non-hydrogen) atoms. The van der Waals surface area contributed by atoms with Crippen LogP contribution >= 0.6 is 11.3 Å². The van der Waals surface area contributed by atoms with Gasteiger partial charge in [0.1, 0.15) is 5.69 Å². The molecule has 90 valence electrons. The van der Waals surface area contributed by atoms with Crippen molar-refractivity contribution in [3.63, 3.8) is 0 Å². The highest BCUT2D eigenvalue weighted by Crippen LogP contribution is 2.37. The summed E-state index contributed by atoms with van der Waals surface area (Å²) in [7, 11) is 0. The van der Waals surface area contributed by atoms with Crippen molar-refractivity contribution < 1.29 is 4.52 Å². The summed E-state index contributed by atoms with van der Waals surface area (Å²) in [5, 5.41) is 5.91. The van der Waals surface area contributed by atoms with Crippen molar-refractivity contribution in [3.8, 4) is 21.7 Å². The van der Waals surface area contributed by atoms with Crippen molar-refractivity contribution in [1.82, 2.24) is 10.1 Å². The lowest BCUT2D eigenvalue weighted by molar-refractivity contribution is 0.439. The van der Waals surface area contributed by atoms with Crippen LogP contribution < -0.4 is 11.3 Å². The summed E-state index contributed by atoms with van der Waals surface area (Å²) in [5.74, 6) is 0.277. The summed E-state index contributed by atoms with van der Waals surface area (Å²) in [4.78, 5) is 14.6. The number of thiophene rings is 1. The topological polar surface area (TPSA) is 84.9 Å². The summed E-state index contributed by atoms with van der Waals surface area (Å²) in [6.07, 6.45) is 1.59. The van der Waals surface area contributed by atoms with Crippen molar-refractivity contribution in [2.45, 2.75) is 0 Å². The second-order valence-corrected chi connectivity index (χ2v) is 4.64. The van der Waals surface area contributed by atoms with Gasteiger partial charge in [-0.05, 0) is 17.5 Å². The van der Waals surface area contributed by atoms with Crippen molar-refractivity contribution in [1.29, 1.82) is 0 Å². The van der Waals surface area contributed by atoms with Crippen LogP contribution in [-0.4, -0.2) is 10.1 Å². The fraction of sp³-hybridized carbons (Fsp3) is 0. The lowest BCUT2D eigenvalue weighted by Gasteiger charge is -1.99. The van der Waals surface area contributed by atoms with Crippen LogP contribution in [0.5, 0.6) is 0 Å². The number of aromatic amines is 1. The molecule has 0 saturated heterocycles. The summed E-state index contributed by atoms with van der Waals surface area (Å²) < 4.78 is 5.05. The zero-order valence-electron chi connectivity index (χ0n) is 9.21. The fourth-order valence-electron chi connectivity index (χ4n) is 1.72. The van der Waals surface area contributed by atoms with Crippen molar-refractivity contribution in [2.75, 3.05) is 5.73 Å². The SMILES string of the molecule is Nc1onc(-c2ccc(=O)[nH]c2)c1-c1cccs1. The Morgan fingerprint density at radius 3 is 2.89 bits per heavy atom. The molecule has 3 N–H and O–H groups in total. The van der Waals surface area contributed by atoms with Crippen LogP contribution in [0.3, 0.4) is 0 Å². The second kappa shape index (κ2) is 4.15. The molecular weight excluding hydrogens is 250 g/mol. The minimum Gasteiger partial charge on any atom is -0.367 e. The quantitative estimate of drug-likeness (QED) is 0.739. The maximum absolute atomic E-state index is 11.0. The van der Waals surface area contributed by atoms with Gasteiger partial charge in [-0.15, -0.1) is 11.3 Å². The Morgan fingerprint density at radius 2 is 2.22 bits per heavy atom. The first-order valence-corrected chi connectivity index (χ1v) is 6.12. The van der Waals surface area contributed by atoms with Gasteiger partial charge < -0.3 is 15.2 Å². The van der Waals surface area contributed by atoms with Crippen LogP contribution in [0.2, 0.25) is 0 Å². The lowest BCUT2D eigenvalue weighted by Crippen LogP contribution is -2.01. The molecule has 0 atom stereocenters. The maximum Gasteiger partial charge on any atom is 0.247 e. The van der Waals surface area contributed by atoms with Gasteiger partial charge in [-0.1, -0.05) is 11.2 Å². The molecular formula is C12H9N3O2S. The number of anilines is 1. The molecule has 0 aliphatic rings. The first kappa shape index (κ1) is 10.8. The molecule has 0 fully saturated rings. The van der Waals surface area contributed by atoms with E-state index in [2.05, 4.69) is 10.1 Å². The Kier molecular flexibility index (Phi) is 2.49. The molecule has 0 spiro atoms. The molecule has 0 unspecified atom stereocenters. The Bertz CT molecular complexity index is 708. The summed E-state index contributed by atoms with van der Waals surface area (Å²) >= 11 is 1.55. The smallest absolute Gasteiger partial charge is 0.247 e. The van der Waals surface area contributed by atoms with Gasteiger partial charge in [0.2, 0.25) is 11.4 Å². The number of nitrogens with zero attached hydrogens (tertiary/aromatic N) is 1. The van der Waals surface area contributed by atoms with Gasteiger partial charge in [0.15, 0.2) is 0 Å². The summed E-state index contributed by atoms with van der Waals surface area (Å²) in [5.41, 5.74) is 7.80. The van der Waals surface area contributed by atoms with E-state index in [1.54, 1.807) is 23.6 Å². The van der Waals surface area contributed by atoms with Gasteiger partial charge in [-0.25, -0.2) is 0 Å². The first-order valence-electron chi connectivity index (χ1n) is 5.24. The minimum atomic E-state index is -0.159. The van der Waals surface area contributed by atoms with E-state index in [0.717, 1.165) is 16.0 Å². The Labute approximate surface area is 106 Å². The zero-order chi connectivity index (χ0) is 12.5. The van der Waals surface area contributed by atoms with Crippen molar-refractivity contribution in [2.24, 2.45) is 0 Å². The fourth-order valence-corrected chi connectivity index (χ4v) is 2.49. The van der Waals surface area contributed by atoms with E-state index >= 15 is 0 Å². The van der Waals surface area contributed by atoms with Gasteiger partial charge >= 0.3 is 0 Å². The van der Waals surface area contributed by atoms with E-state index < -0.39 is 0 Å². The molecule has 3 heterocycles. The third-order valence-corrected chi connectivity index (χ3v) is 3.43. The third kappa shape index (κ3) is 1.72. The highest BCUT2D eigenvalue weighted by Gasteiger charge is 2.18. The molecule has 6 heteroatoms. The third-order valence-electron chi connectivity index (χ3n) is 2.54. The molecule has 0 radical (unpaired) electrons. The molecule has 0 aliphatic heterocycles. The van der Waals surface area contributed by atoms with E-state index in [0.29, 0.717) is 5.69 Å².